The minimum atomic E-state index is -1.32. The molecule has 0 amide bonds. The minimum absolute atomic E-state index is 0.0927. The monoisotopic (exact) mass is 471 g/mol. The van der Waals surface area contributed by atoms with E-state index in [1.165, 1.54) is 0 Å². The summed E-state index contributed by atoms with van der Waals surface area (Å²) >= 11 is 0. The number of hydrogen-bond donors (Lipinski definition) is 0. The highest BCUT2D eigenvalue weighted by Gasteiger charge is 2.29. The summed E-state index contributed by atoms with van der Waals surface area (Å²) in [6, 6.07) is 8.85. The van der Waals surface area contributed by atoms with E-state index in [1.807, 2.05) is 0 Å². The summed E-state index contributed by atoms with van der Waals surface area (Å²) in [4.78, 5) is 0. The molecule has 33 heavy (non-hydrogen) atoms. The Morgan fingerprint density at radius 3 is 0.879 bits per heavy atom. The normalized spacial score (nSPS) is 13.8. The Hall–Kier alpha value is -1.53. The molecular weight excluding hydrogens is 423 g/mol. The summed E-state index contributed by atoms with van der Waals surface area (Å²) in [5, 5.41) is 2.13. The van der Waals surface area contributed by atoms with Crippen LogP contribution in [0.2, 0.25) is 0 Å². The van der Waals surface area contributed by atoms with Gasteiger partial charge in [-0.05, 0) is 56.5 Å². The molecule has 2 rings (SSSR count). The van der Waals surface area contributed by atoms with Gasteiger partial charge < -0.3 is 9.47 Å². The third kappa shape index (κ3) is 6.33. The number of methoxy groups -OCH3 is 2. The second-order valence-corrected chi connectivity index (χ2v) is 14.5. The summed E-state index contributed by atoms with van der Waals surface area (Å²) in [6.07, 6.45) is 0. The van der Waals surface area contributed by atoms with Gasteiger partial charge in [0.2, 0.25) is 0 Å². The molecule has 0 fully saturated rings. The summed E-state index contributed by atoms with van der Waals surface area (Å²) in [7, 11) is 2.20. The van der Waals surface area contributed by atoms with Gasteiger partial charge in [0.1, 0.15) is 11.5 Å². The van der Waals surface area contributed by atoms with Gasteiger partial charge in [-0.2, -0.15) is 0 Å². The van der Waals surface area contributed by atoms with Crippen molar-refractivity contribution in [1.82, 2.24) is 0 Å². The van der Waals surface area contributed by atoms with Crippen molar-refractivity contribution in [3.63, 3.8) is 0 Å². The minimum Gasteiger partial charge on any atom is -0.496 e. The van der Waals surface area contributed by atoms with Crippen LogP contribution in [0.25, 0.3) is 0 Å². The largest absolute Gasteiger partial charge is 0.496 e. The van der Waals surface area contributed by atoms with Crippen LogP contribution in [-0.4, -0.2) is 15.5 Å². The molecule has 0 spiro atoms. The van der Waals surface area contributed by atoms with Crippen LogP contribution in [0.1, 0.15) is 105 Å². The lowest BCUT2D eigenvalue weighted by Gasteiger charge is -2.31. The van der Waals surface area contributed by atoms with Crippen LogP contribution in [0.4, 0.5) is 0 Å². The van der Waals surface area contributed by atoms with Crippen LogP contribution in [-0.2, 0) is 21.7 Å². The van der Waals surface area contributed by atoms with Crippen molar-refractivity contribution in [2.45, 2.75) is 105 Å². The van der Waals surface area contributed by atoms with Crippen molar-refractivity contribution in [1.29, 1.82) is 1.28 Å². The van der Waals surface area contributed by atoms with Crippen molar-refractivity contribution in [2.24, 2.45) is 0 Å². The van der Waals surface area contributed by atoms with E-state index in [1.54, 1.807) is 14.2 Å². The zero-order chi connectivity index (χ0) is 26.4. The summed E-state index contributed by atoms with van der Waals surface area (Å²) in [5.74, 6) is 1.90. The second kappa shape index (κ2) is 9.26. The quantitative estimate of drug-likeness (QED) is 0.429. The molecule has 0 saturated carbocycles. The Morgan fingerprint density at radius 1 is 0.515 bits per heavy atom. The predicted octanol–water partition coefficient (Wildman–Crippen LogP) is 7.52. The molecule has 0 bridgehead atoms. The van der Waals surface area contributed by atoms with Crippen molar-refractivity contribution in [3.8, 4) is 11.5 Å². The van der Waals surface area contributed by atoms with Crippen LogP contribution in [0, 0.1) is 0 Å². The Morgan fingerprint density at radius 2 is 0.727 bits per heavy atom. The highest BCUT2D eigenvalue weighted by molar-refractivity contribution is 7.55. The van der Waals surface area contributed by atoms with E-state index in [0.717, 1.165) is 44.4 Å². The second-order valence-electron chi connectivity index (χ2n) is 13.3. The summed E-state index contributed by atoms with van der Waals surface area (Å²) in [5.41, 5.74) is 4.29. The Balaban J connectivity index is 2.90. The van der Waals surface area contributed by atoms with E-state index in [2.05, 4.69) is 107 Å². The fourth-order valence-corrected chi connectivity index (χ4v) is 5.25. The van der Waals surface area contributed by atoms with Crippen LogP contribution < -0.4 is 20.1 Å². The van der Waals surface area contributed by atoms with Gasteiger partial charge in [0.15, 0.2) is 0 Å². The van der Waals surface area contributed by atoms with E-state index < -0.39 is 8.53 Å². The molecule has 0 unspecified atom stereocenters. The Bertz CT molecular complexity index is 874. The van der Waals surface area contributed by atoms with Gasteiger partial charge in [-0.15, -0.1) is 0 Å². The maximum absolute atomic E-state index is 9.50. The topological polar surface area (TPSA) is 18.5 Å². The molecular formula is C30H47O2P. The standard InChI is InChI=1S/C30H47O2P/c1-27(2,3)21-15-19(16-22(25(21)31-13)28(4,5)6)33-20-17-23(29(7,8)9)26(32-14)24(18-20)30(10,11)12/h15-18,33H,1-14H3/i33D. The first-order chi connectivity index (χ1) is 15.2. The molecule has 0 aliphatic carbocycles. The smallest absolute Gasteiger partial charge is 0.126 e. The SMILES string of the molecule is [2H]P(c1cc(C(C)(C)C)c(OC)c(C(C)(C)C)c1)c1cc(C(C)(C)C)c(OC)c(C(C)(C)C)c1. The van der Waals surface area contributed by atoms with Crippen LogP contribution >= 0.6 is 8.53 Å². The number of benzene rings is 2. The van der Waals surface area contributed by atoms with Crippen molar-refractivity contribution in [2.75, 3.05) is 14.2 Å². The lowest BCUT2D eigenvalue weighted by Crippen LogP contribution is -2.24. The highest BCUT2D eigenvalue weighted by Crippen LogP contribution is 2.42. The Labute approximate surface area is 206 Å². The lowest BCUT2D eigenvalue weighted by atomic mass is 9.79. The molecule has 2 aromatic rings. The van der Waals surface area contributed by atoms with E-state index in [0.29, 0.717) is 0 Å². The van der Waals surface area contributed by atoms with Gasteiger partial charge in [0.05, 0.1) is 15.5 Å². The molecule has 0 saturated heterocycles. The molecule has 0 N–H and O–H groups in total. The maximum atomic E-state index is 9.50. The summed E-state index contributed by atoms with van der Waals surface area (Å²) < 4.78 is 21.4. The predicted molar refractivity (Wildman–Crippen MR) is 148 cm³/mol. The van der Waals surface area contributed by atoms with Gasteiger partial charge in [-0.25, -0.2) is 0 Å². The molecule has 184 valence electrons. The van der Waals surface area contributed by atoms with E-state index in [4.69, 9.17) is 9.47 Å². The van der Waals surface area contributed by atoms with Gasteiger partial charge in [0.25, 0.3) is 0 Å². The van der Waals surface area contributed by atoms with E-state index >= 15 is 0 Å². The fraction of sp³-hybridized carbons (Fsp3) is 0.600. The third-order valence-electron chi connectivity index (χ3n) is 6.05. The molecule has 0 radical (unpaired) electrons. The molecule has 3 heteroatoms. The van der Waals surface area contributed by atoms with E-state index in [9.17, 15) is 1.28 Å². The van der Waals surface area contributed by atoms with Crippen molar-refractivity contribution >= 4 is 19.1 Å². The number of hydrogen-bond acceptors (Lipinski definition) is 2. The first kappa shape index (κ1) is 26.1. The first-order valence-electron chi connectivity index (χ1n) is 12.4. The molecule has 2 aromatic carbocycles. The van der Waals surface area contributed by atoms with Gasteiger partial charge in [-0.1, -0.05) is 91.6 Å². The van der Waals surface area contributed by atoms with Gasteiger partial charge in [-0.3, -0.25) is 0 Å². The van der Waals surface area contributed by atoms with Gasteiger partial charge >= 0.3 is 0 Å². The average Bonchev–Trinajstić information content (AvgIpc) is 2.68. The highest BCUT2D eigenvalue weighted by atomic mass is 31.1. The molecule has 2 nitrogen and oxygen atoms in total. The van der Waals surface area contributed by atoms with Crippen LogP contribution in [0.15, 0.2) is 24.3 Å². The molecule has 0 aliphatic rings. The van der Waals surface area contributed by atoms with Crippen molar-refractivity contribution < 1.29 is 9.47 Å². The Kier molecular flexibility index (Phi) is 7.32. The molecule has 0 heterocycles. The molecule has 0 aromatic heterocycles. The third-order valence-corrected chi connectivity index (χ3v) is 7.08. The molecule has 0 atom stereocenters. The van der Waals surface area contributed by atoms with Crippen LogP contribution in [0.3, 0.4) is 0 Å². The van der Waals surface area contributed by atoms with Crippen molar-refractivity contribution in [3.05, 3.63) is 46.5 Å². The van der Waals surface area contributed by atoms with E-state index in [-0.39, 0.29) is 21.7 Å². The van der Waals surface area contributed by atoms with Gasteiger partial charge in [0, 0.05) is 22.3 Å². The zero-order valence-corrected chi connectivity index (χ0v) is 24.5. The zero-order valence-electron chi connectivity index (χ0n) is 24.6. The number of ether oxygens (including phenoxy) is 2. The first-order valence-corrected chi connectivity index (χ1v) is 12.9. The van der Waals surface area contributed by atoms with Crippen LogP contribution in [0.5, 0.6) is 11.5 Å². The number of rotatable bonds is 4. The maximum Gasteiger partial charge on any atom is 0.126 e. The fourth-order valence-electron chi connectivity index (χ4n) is 4.17. The average molecular weight is 472 g/mol. The lowest BCUT2D eigenvalue weighted by molar-refractivity contribution is 0.381. The summed E-state index contributed by atoms with van der Waals surface area (Å²) in [6.45, 7) is 26.6. The molecule has 0 aliphatic heterocycles.